The van der Waals surface area contributed by atoms with Crippen molar-refractivity contribution in [3.8, 4) is 33.8 Å². The Morgan fingerprint density at radius 2 is 1.30 bits per heavy atom. The van der Waals surface area contributed by atoms with Gasteiger partial charge in [0.1, 0.15) is 11.5 Å². The van der Waals surface area contributed by atoms with Crippen molar-refractivity contribution >= 4 is 75.5 Å². The number of fused-ring (bicyclic) bond motifs is 1. The molecule has 6 aromatic rings. The third-order valence-electron chi connectivity index (χ3n) is 10.4. The Morgan fingerprint density at radius 3 is 2.00 bits per heavy atom. The second kappa shape index (κ2) is 26.0. The van der Waals surface area contributed by atoms with Crippen LogP contribution in [-0.2, 0) is 46.8 Å². The van der Waals surface area contributed by atoms with Crippen LogP contribution in [0.25, 0.3) is 38.5 Å². The van der Waals surface area contributed by atoms with E-state index in [9.17, 15) is 24.0 Å². The van der Waals surface area contributed by atoms with Gasteiger partial charge in [-0.05, 0) is 95.6 Å². The summed E-state index contributed by atoms with van der Waals surface area (Å²) < 4.78 is 34.3. The molecule has 0 atom stereocenters. The van der Waals surface area contributed by atoms with Gasteiger partial charge in [0, 0.05) is 42.8 Å². The van der Waals surface area contributed by atoms with E-state index < -0.39 is 30.0 Å². The van der Waals surface area contributed by atoms with Gasteiger partial charge >= 0.3 is 30.0 Å². The Balaban J connectivity index is 1.18. The van der Waals surface area contributed by atoms with Gasteiger partial charge < -0.3 is 33.0 Å². The maximum atomic E-state index is 12.8. The van der Waals surface area contributed by atoms with E-state index in [1.54, 1.807) is 36.6 Å². The van der Waals surface area contributed by atoms with Gasteiger partial charge in [-0.1, -0.05) is 110 Å². The lowest BCUT2D eigenvalue weighted by Crippen LogP contribution is -2.11. The first kappa shape index (κ1) is 51.5. The fourth-order valence-corrected chi connectivity index (χ4v) is 8.15. The minimum absolute atomic E-state index is 0.154. The van der Waals surface area contributed by atoms with Crippen LogP contribution in [0.1, 0.15) is 59.7 Å². The topological polar surface area (TPSA) is 170 Å². The molecule has 0 aliphatic heterocycles. The van der Waals surface area contributed by atoms with E-state index >= 15 is 0 Å². The number of hydrogen-bond donors (Lipinski definition) is 0. The number of unbranched alkanes of at least 4 members (excludes halogenated alkanes) is 2. The van der Waals surface area contributed by atoms with Crippen LogP contribution < -0.4 is 14.3 Å². The standard InChI is InChI=1S/C54H50ClN3O11S/c1-5-8-31-67-54(63)69-42-23-19-38(20-24-42)44-28-27-43(45(50(44)55)35-56-57-53-58(4)46-13-11-12-39(51(46)70-53)30-34-65-48(60)7-3)37-17-14-36(15-18-37)16-29-49(61)68-41-25-21-40(22-26-41)52(62)66-33-10-9-32-64-47(59)6-2/h6-7,11-29,35H,2-3,5,8-10,30-34H2,1,4H3/b29-16+,56-35+,57-53-. The lowest BCUT2D eigenvalue weighted by molar-refractivity contribution is -0.138. The largest absolute Gasteiger partial charge is 0.513 e. The minimum atomic E-state index is -0.773. The van der Waals surface area contributed by atoms with Crippen LogP contribution in [0.15, 0.2) is 145 Å². The normalized spacial score (nSPS) is 11.4. The van der Waals surface area contributed by atoms with Crippen LogP contribution in [0, 0.1) is 0 Å². The van der Waals surface area contributed by atoms with Crippen LogP contribution in [0.3, 0.4) is 0 Å². The molecule has 0 fully saturated rings. The summed E-state index contributed by atoms with van der Waals surface area (Å²) in [5.41, 5.74) is 6.57. The molecule has 0 amide bonds. The molecule has 16 heteroatoms. The van der Waals surface area contributed by atoms with E-state index in [4.69, 9.17) is 40.0 Å². The van der Waals surface area contributed by atoms with Crippen molar-refractivity contribution in [3.63, 3.8) is 0 Å². The van der Waals surface area contributed by atoms with Crippen LogP contribution in [0.5, 0.6) is 11.5 Å². The van der Waals surface area contributed by atoms with E-state index in [-0.39, 0.29) is 37.7 Å². The zero-order valence-electron chi connectivity index (χ0n) is 38.6. The van der Waals surface area contributed by atoms with Crippen molar-refractivity contribution in [2.24, 2.45) is 17.3 Å². The smallest absolute Gasteiger partial charge is 0.463 e. The first-order chi connectivity index (χ1) is 34.0. The van der Waals surface area contributed by atoms with E-state index in [1.807, 2.05) is 73.1 Å². The Kier molecular flexibility index (Phi) is 19.2. The highest BCUT2D eigenvalue weighted by molar-refractivity contribution is 7.16. The Hall–Kier alpha value is -7.88. The van der Waals surface area contributed by atoms with E-state index in [0.29, 0.717) is 46.0 Å². The quantitative estimate of drug-likeness (QED) is 0.00927. The second-order valence-electron chi connectivity index (χ2n) is 15.3. The van der Waals surface area contributed by atoms with E-state index in [0.717, 1.165) is 63.0 Å². The maximum absolute atomic E-state index is 12.8. The number of carbonyl (C=O) groups is 5. The molecule has 0 saturated carbocycles. The average Bonchev–Trinajstić information content (AvgIpc) is 3.70. The SMILES string of the molecule is C=CC(=O)OCCCCOC(=O)c1ccc(OC(=O)/C=C/c2ccc(-c3ccc(-c4ccc(OC(=O)OCCCC)cc4)c(Cl)c3/C=N/N=c3\sc4c(CCOC(=O)C=C)cccc4n3C)cc2)cc1. The molecule has 1 aromatic heterocycles. The molecule has 5 aromatic carbocycles. The molecular weight excluding hydrogens is 934 g/mol. The molecule has 360 valence electrons. The molecule has 0 aliphatic carbocycles. The number of aryl methyl sites for hydroxylation is 1. The van der Waals surface area contributed by atoms with Gasteiger partial charge in [0.25, 0.3) is 0 Å². The summed E-state index contributed by atoms with van der Waals surface area (Å²) in [6.45, 7) is 9.64. The molecule has 70 heavy (non-hydrogen) atoms. The number of aromatic nitrogens is 1. The van der Waals surface area contributed by atoms with E-state index in [2.05, 4.69) is 23.4 Å². The summed E-state index contributed by atoms with van der Waals surface area (Å²) >= 11 is 8.70. The third-order valence-corrected chi connectivity index (χ3v) is 12.0. The molecule has 6 rings (SSSR count). The summed E-state index contributed by atoms with van der Waals surface area (Å²) in [5, 5.41) is 9.56. The fourth-order valence-electron chi connectivity index (χ4n) is 6.71. The predicted molar refractivity (Wildman–Crippen MR) is 270 cm³/mol. The van der Waals surface area contributed by atoms with Gasteiger partial charge in [0.05, 0.1) is 53.4 Å². The zero-order chi connectivity index (χ0) is 49.8. The highest BCUT2D eigenvalue weighted by atomic mass is 35.5. The van der Waals surface area contributed by atoms with Crippen molar-refractivity contribution in [2.45, 2.75) is 39.0 Å². The monoisotopic (exact) mass is 983 g/mol. The summed E-state index contributed by atoms with van der Waals surface area (Å²) in [6.07, 6.45) is 9.17. The van der Waals surface area contributed by atoms with Gasteiger partial charge in [-0.3, -0.25) is 0 Å². The number of carbonyl (C=O) groups excluding carboxylic acids is 5. The fraction of sp³-hybridized carbons (Fsp3) is 0.204. The zero-order valence-corrected chi connectivity index (χ0v) is 40.2. The third kappa shape index (κ3) is 14.6. The molecular formula is C54H50ClN3O11S. The molecule has 0 N–H and O–H groups in total. The molecule has 0 unspecified atom stereocenters. The van der Waals surface area contributed by atoms with Crippen LogP contribution >= 0.6 is 22.9 Å². The molecule has 0 saturated heterocycles. The predicted octanol–water partition coefficient (Wildman–Crippen LogP) is 11.0. The number of benzene rings is 5. The molecule has 1 heterocycles. The number of thiazole rings is 1. The molecule has 0 radical (unpaired) electrons. The summed E-state index contributed by atoms with van der Waals surface area (Å²) in [4.78, 5) is 60.7. The lowest BCUT2D eigenvalue weighted by Gasteiger charge is -2.13. The highest BCUT2D eigenvalue weighted by Gasteiger charge is 2.16. The van der Waals surface area contributed by atoms with Crippen molar-refractivity contribution in [1.82, 2.24) is 4.57 Å². The Morgan fingerprint density at radius 1 is 0.686 bits per heavy atom. The number of halogens is 1. The first-order valence-corrected chi connectivity index (χ1v) is 23.4. The number of esters is 4. The van der Waals surface area contributed by atoms with Gasteiger partial charge in [-0.25, -0.2) is 24.0 Å². The Bertz CT molecular complexity index is 2970. The molecule has 0 bridgehead atoms. The number of nitrogens with zero attached hydrogens (tertiary/aromatic N) is 3. The minimum Gasteiger partial charge on any atom is -0.463 e. The summed E-state index contributed by atoms with van der Waals surface area (Å²) in [7, 11) is 1.90. The molecule has 14 nitrogen and oxygen atoms in total. The summed E-state index contributed by atoms with van der Waals surface area (Å²) in [6, 6.07) is 30.2. The second-order valence-corrected chi connectivity index (χ2v) is 16.6. The first-order valence-electron chi connectivity index (χ1n) is 22.3. The van der Waals surface area contributed by atoms with Crippen LogP contribution in [0.2, 0.25) is 5.02 Å². The Labute approximate surface area is 413 Å². The van der Waals surface area contributed by atoms with Crippen molar-refractivity contribution in [2.75, 3.05) is 26.4 Å². The highest BCUT2D eigenvalue weighted by Crippen LogP contribution is 2.37. The van der Waals surface area contributed by atoms with Crippen molar-refractivity contribution in [3.05, 3.63) is 167 Å². The maximum Gasteiger partial charge on any atom is 0.513 e. The lowest BCUT2D eigenvalue weighted by atomic mass is 9.94. The number of rotatable bonds is 22. The van der Waals surface area contributed by atoms with Crippen LogP contribution in [0.4, 0.5) is 4.79 Å². The number of hydrogen-bond acceptors (Lipinski definition) is 14. The van der Waals surface area contributed by atoms with Gasteiger partial charge in [-0.2, -0.15) is 5.10 Å². The van der Waals surface area contributed by atoms with Crippen LogP contribution in [-0.4, -0.2) is 67.2 Å². The van der Waals surface area contributed by atoms with Gasteiger partial charge in [0.15, 0.2) is 0 Å². The van der Waals surface area contributed by atoms with Gasteiger partial charge in [0.2, 0.25) is 4.80 Å². The van der Waals surface area contributed by atoms with E-state index in [1.165, 1.54) is 41.7 Å². The van der Waals surface area contributed by atoms with Gasteiger partial charge in [-0.15, -0.1) is 5.10 Å². The molecule has 0 aliphatic rings. The van der Waals surface area contributed by atoms with Crippen molar-refractivity contribution in [1.29, 1.82) is 0 Å². The molecule has 0 spiro atoms. The van der Waals surface area contributed by atoms with Crippen molar-refractivity contribution < 1.29 is 52.4 Å². The number of ether oxygens (including phenoxy) is 6. The average molecular weight is 985 g/mol. The summed E-state index contributed by atoms with van der Waals surface area (Å²) in [5.74, 6) is -1.57.